The number of nitrogens with zero attached hydrogens (tertiary/aromatic N) is 1. The summed E-state index contributed by atoms with van der Waals surface area (Å²) >= 11 is 0. The summed E-state index contributed by atoms with van der Waals surface area (Å²) < 4.78 is 11.4. The molecule has 0 fully saturated rings. The van der Waals surface area contributed by atoms with Crippen LogP contribution in [0.15, 0.2) is 48.5 Å². The Kier molecular flexibility index (Phi) is 6.72. The van der Waals surface area contributed by atoms with Crippen LogP contribution in [-0.4, -0.2) is 49.4 Å². The van der Waals surface area contributed by atoms with Crippen molar-refractivity contribution in [3.05, 3.63) is 59.7 Å². The van der Waals surface area contributed by atoms with E-state index in [-0.39, 0.29) is 6.04 Å². The lowest BCUT2D eigenvalue weighted by molar-refractivity contribution is -0.00898. The molecule has 0 aromatic heterocycles. The number of aliphatic hydroxyl groups excluding tert-OH is 1. The summed E-state index contributed by atoms with van der Waals surface area (Å²) in [5.41, 5.74) is 1.95. The predicted molar refractivity (Wildman–Crippen MR) is 107 cm³/mol. The second kappa shape index (κ2) is 9.22. The van der Waals surface area contributed by atoms with E-state index in [2.05, 4.69) is 24.1 Å². The first-order valence-corrected chi connectivity index (χ1v) is 9.71. The monoisotopic (exact) mass is 370 g/mol. The van der Waals surface area contributed by atoms with Crippen LogP contribution in [0.5, 0.6) is 11.5 Å². The maximum atomic E-state index is 11.1. The molecule has 0 saturated heterocycles. The van der Waals surface area contributed by atoms with Crippen molar-refractivity contribution < 1.29 is 14.6 Å². The quantitative estimate of drug-likeness (QED) is 0.748. The van der Waals surface area contributed by atoms with E-state index in [1.54, 1.807) is 7.11 Å². The van der Waals surface area contributed by atoms with Gasteiger partial charge in [0.1, 0.15) is 17.6 Å². The molecule has 5 nitrogen and oxygen atoms in total. The summed E-state index contributed by atoms with van der Waals surface area (Å²) in [6.07, 6.45) is -1.10. The fraction of sp³-hybridized carbons (Fsp3) is 0.455. The molecule has 0 bridgehead atoms. The van der Waals surface area contributed by atoms with Gasteiger partial charge >= 0.3 is 0 Å². The Morgan fingerprint density at radius 2 is 1.78 bits per heavy atom. The molecule has 2 aromatic carbocycles. The Hall–Kier alpha value is -2.08. The first-order valence-electron chi connectivity index (χ1n) is 9.71. The molecule has 1 aliphatic rings. The van der Waals surface area contributed by atoms with Crippen molar-refractivity contribution in [2.24, 2.45) is 0 Å². The average Bonchev–Trinajstić information content (AvgIpc) is 2.72. The number of hydrogen-bond donors (Lipinski definition) is 2. The SMILES string of the molecule is CCN(CC)CCN[C@H]1c2ccccc2O[C@H](c2ccc(OC)cc2)[C@@H]1O. The molecule has 0 radical (unpaired) electrons. The number of hydrogen-bond acceptors (Lipinski definition) is 5. The van der Waals surface area contributed by atoms with Gasteiger partial charge < -0.3 is 24.8 Å². The van der Waals surface area contributed by atoms with Crippen LogP contribution < -0.4 is 14.8 Å². The van der Waals surface area contributed by atoms with Crippen LogP contribution in [0.25, 0.3) is 0 Å². The lowest BCUT2D eigenvalue weighted by Crippen LogP contribution is -2.43. The summed E-state index contributed by atoms with van der Waals surface area (Å²) in [7, 11) is 1.65. The predicted octanol–water partition coefficient (Wildman–Crippen LogP) is 3.16. The van der Waals surface area contributed by atoms with E-state index in [0.29, 0.717) is 0 Å². The summed E-state index contributed by atoms with van der Waals surface area (Å²) in [6.45, 7) is 8.16. The van der Waals surface area contributed by atoms with Crippen LogP contribution in [-0.2, 0) is 0 Å². The summed E-state index contributed by atoms with van der Waals surface area (Å²) in [4.78, 5) is 2.37. The maximum absolute atomic E-state index is 11.1. The number of fused-ring (bicyclic) bond motifs is 1. The van der Waals surface area contributed by atoms with Crippen molar-refractivity contribution in [3.63, 3.8) is 0 Å². The fourth-order valence-corrected chi connectivity index (χ4v) is 3.62. The smallest absolute Gasteiger partial charge is 0.151 e. The van der Waals surface area contributed by atoms with Crippen molar-refractivity contribution in [2.75, 3.05) is 33.3 Å². The number of nitrogens with one attached hydrogen (secondary N) is 1. The van der Waals surface area contributed by atoms with Gasteiger partial charge in [-0.1, -0.05) is 44.2 Å². The van der Waals surface area contributed by atoms with Gasteiger partial charge in [-0.25, -0.2) is 0 Å². The molecule has 3 atom stereocenters. The molecule has 0 aliphatic carbocycles. The number of likely N-dealkylation sites (N-methyl/N-ethyl adjacent to an activating group) is 1. The summed E-state index contributed by atoms with van der Waals surface area (Å²) in [5, 5.41) is 14.7. The number of methoxy groups -OCH3 is 1. The molecule has 1 aliphatic heterocycles. The second-order valence-corrected chi connectivity index (χ2v) is 6.80. The second-order valence-electron chi connectivity index (χ2n) is 6.80. The van der Waals surface area contributed by atoms with Gasteiger partial charge in [-0.3, -0.25) is 0 Å². The molecule has 0 saturated carbocycles. The molecule has 5 heteroatoms. The lowest BCUT2D eigenvalue weighted by atomic mass is 9.90. The molecule has 0 unspecified atom stereocenters. The van der Waals surface area contributed by atoms with Gasteiger partial charge in [-0.2, -0.15) is 0 Å². The van der Waals surface area contributed by atoms with Gasteiger partial charge in [-0.15, -0.1) is 0 Å². The highest BCUT2D eigenvalue weighted by Crippen LogP contribution is 2.41. The Balaban J connectivity index is 1.80. The van der Waals surface area contributed by atoms with E-state index in [9.17, 15) is 5.11 Å². The Morgan fingerprint density at radius 1 is 1.07 bits per heavy atom. The Morgan fingerprint density at radius 3 is 2.44 bits per heavy atom. The molecule has 146 valence electrons. The van der Waals surface area contributed by atoms with Gasteiger partial charge in [0.15, 0.2) is 6.10 Å². The van der Waals surface area contributed by atoms with Crippen molar-refractivity contribution in [3.8, 4) is 11.5 Å². The third kappa shape index (κ3) is 4.43. The Labute approximate surface area is 161 Å². The first kappa shape index (κ1) is 19.7. The van der Waals surface area contributed by atoms with Crippen LogP contribution in [0, 0.1) is 0 Å². The summed E-state index contributed by atoms with van der Waals surface area (Å²) in [6, 6.07) is 15.5. The molecular formula is C22H30N2O3. The minimum absolute atomic E-state index is 0.169. The van der Waals surface area contributed by atoms with Gasteiger partial charge in [-0.05, 0) is 36.9 Å². The number of ether oxygens (including phenoxy) is 2. The molecule has 2 N–H and O–H groups in total. The number of rotatable bonds is 8. The third-order valence-corrected chi connectivity index (χ3v) is 5.29. The van der Waals surface area contributed by atoms with E-state index in [0.717, 1.165) is 48.8 Å². The van der Waals surface area contributed by atoms with Crippen LogP contribution in [0.2, 0.25) is 0 Å². The molecular weight excluding hydrogens is 340 g/mol. The zero-order chi connectivity index (χ0) is 19.2. The number of aliphatic hydroxyl groups is 1. The molecule has 27 heavy (non-hydrogen) atoms. The Bertz CT molecular complexity index is 716. The molecule has 2 aromatic rings. The van der Waals surface area contributed by atoms with Gasteiger partial charge in [0.25, 0.3) is 0 Å². The van der Waals surface area contributed by atoms with E-state index < -0.39 is 12.2 Å². The highest BCUT2D eigenvalue weighted by molar-refractivity contribution is 5.41. The highest BCUT2D eigenvalue weighted by Gasteiger charge is 2.37. The maximum Gasteiger partial charge on any atom is 0.151 e. The fourth-order valence-electron chi connectivity index (χ4n) is 3.62. The van der Waals surface area contributed by atoms with E-state index >= 15 is 0 Å². The first-order chi connectivity index (χ1) is 13.2. The van der Waals surface area contributed by atoms with Crippen molar-refractivity contribution >= 4 is 0 Å². The topological polar surface area (TPSA) is 54.0 Å². The van der Waals surface area contributed by atoms with Gasteiger partial charge in [0, 0.05) is 18.7 Å². The molecule has 0 spiro atoms. The van der Waals surface area contributed by atoms with Crippen LogP contribution >= 0.6 is 0 Å². The largest absolute Gasteiger partial charge is 0.497 e. The van der Waals surface area contributed by atoms with Crippen LogP contribution in [0.3, 0.4) is 0 Å². The molecule has 3 rings (SSSR count). The normalized spacial score (nSPS) is 21.6. The standard InChI is InChI=1S/C22H30N2O3/c1-4-24(5-2)15-14-23-20-18-8-6-7-9-19(18)27-22(21(20)25)16-10-12-17(26-3)13-11-16/h6-13,20-23,25H,4-5,14-15H2,1-3H3/t20-,21+,22+/m0/s1. The van der Waals surface area contributed by atoms with Crippen molar-refractivity contribution in [1.82, 2.24) is 10.2 Å². The number of benzene rings is 2. The van der Waals surface area contributed by atoms with Crippen LogP contribution in [0.4, 0.5) is 0 Å². The van der Waals surface area contributed by atoms with Crippen molar-refractivity contribution in [2.45, 2.75) is 32.1 Å². The molecule has 1 heterocycles. The van der Waals surface area contributed by atoms with Gasteiger partial charge in [0.2, 0.25) is 0 Å². The summed E-state index contributed by atoms with van der Waals surface area (Å²) in [5.74, 6) is 1.61. The van der Waals surface area contributed by atoms with E-state index in [1.165, 1.54) is 0 Å². The van der Waals surface area contributed by atoms with Gasteiger partial charge in [0.05, 0.1) is 13.2 Å². The van der Waals surface area contributed by atoms with Crippen LogP contribution in [0.1, 0.15) is 37.1 Å². The average molecular weight is 370 g/mol. The van der Waals surface area contributed by atoms with E-state index in [4.69, 9.17) is 9.47 Å². The minimum atomic E-state index is -0.676. The van der Waals surface area contributed by atoms with Crippen molar-refractivity contribution in [1.29, 1.82) is 0 Å². The number of para-hydroxylation sites is 1. The highest BCUT2D eigenvalue weighted by atomic mass is 16.5. The molecule has 0 amide bonds. The zero-order valence-corrected chi connectivity index (χ0v) is 16.4. The third-order valence-electron chi connectivity index (χ3n) is 5.29. The lowest BCUT2D eigenvalue weighted by Gasteiger charge is -2.38. The minimum Gasteiger partial charge on any atom is -0.497 e. The zero-order valence-electron chi connectivity index (χ0n) is 16.4. The van der Waals surface area contributed by atoms with E-state index in [1.807, 2.05) is 48.5 Å².